The molecule has 130 valence electrons. The predicted molar refractivity (Wildman–Crippen MR) is 94.8 cm³/mol. The lowest BCUT2D eigenvalue weighted by Crippen LogP contribution is -2.31. The standard InChI is InChI=1S/C19H21N3O3/c1-4-24-18(25-5-2)9-6-13(3)22-19(23)14-7-8-17-16(10-14)15(11-20)12-21-17/h7-8,10,12-13,18,21H,4-5H2,1-3H3,(H,22,23). The summed E-state index contributed by atoms with van der Waals surface area (Å²) in [5.41, 5.74) is 1.80. The normalized spacial score (nSPS) is 11.6. The van der Waals surface area contributed by atoms with Gasteiger partial charge in [-0.2, -0.15) is 5.26 Å². The Morgan fingerprint density at radius 1 is 1.28 bits per heavy atom. The first-order valence-corrected chi connectivity index (χ1v) is 8.15. The van der Waals surface area contributed by atoms with Crippen LogP contribution in [0.3, 0.4) is 0 Å². The summed E-state index contributed by atoms with van der Waals surface area (Å²) in [4.78, 5) is 15.4. The molecule has 1 aromatic heterocycles. The van der Waals surface area contributed by atoms with Gasteiger partial charge in [-0.15, -0.1) is 0 Å². The van der Waals surface area contributed by atoms with Gasteiger partial charge in [0.25, 0.3) is 5.91 Å². The number of aromatic nitrogens is 1. The van der Waals surface area contributed by atoms with Crippen LogP contribution in [0.4, 0.5) is 0 Å². The molecule has 1 atom stereocenters. The highest BCUT2D eigenvalue weighted by Gasteiger charge is 2.11. The van der Waals surface area contributed by atoms with Crippen molar-refractivity contribution >= 4 is 16.8 Å². The molecule has 2 rings (SSSR count). The van der Waals surface area contributed by atoms with Crippen molar-refractivity contribution in [3.63, 3.8) is 0 Å². The highest BCUT2D eigenvalue weighted by Crippen LogP contribution is 2.19. The number of amides is 1. The monoisotopic (exact) mass is 339 g/mol. The maximum Gasteiger partial charge on any atom is 0.252 e. The Kier molecular flexibility index (Phi) is 6.59. The quantitative estimate of drug-likeness (QED) is 0.625. The zero-order valence-electron chi connectivity index (χ0n) is 14.6. The van der Waals surface area contributed by atoms with E-state index in [1.54, 1.807) is 31.3 Å². The first-order chi connectivity index (χ1) is 12.1. The number of nitrogens with one attached hydrogen (secondary N) is 2. The fraction of sp³-hybridized carbons (Fsp3) is 0.368. The van der Waals surface area contributed by atoms with E-state index in [0.717, 1.165) is 10.9 Å². The number of fused-ring (bicyclic) bond motifs is 1. The van der Waals surface area contributed by atoms with Crippen LogP contribution in [0, 0.1) is 23.2 Å². The molecule has 0 aliphatic carbocycles. The van der Waals surface area contributed by atoms with Crippen molar-refractivity contribution in [2.45, 2.75) is 33.1 Å². The van der Waals surface area contributed by atoms with E-state index in [1.165, 1.54) is 0 Å². The van der Waals surface area contributed by atoms with Gasteiger partial charge < -0.3 is 19.8 Å². The highest BCUT2D eigenvalue weighted by atomic mass is 16.7. The molecular weight excluding hydrogens is 318 g/mol. The first-order valence-electron chi connectivity index (χ1n) is 8.15. The molecule has 0 saturated carbocycles. The highest BCUT2D eigenvalue weighted by molar-refractivity contribution is 5.99. The van der Waals surface area contributed by atoms with Crippen molar-refractivity contribution in [3.05, 3.63) is 35.5 Å². The number of nitriles is 1. The Bertz CT molecular complexity index is 833. The molecule has 1 aromatic carbocycles. The van der Waals surface area contributed by atoms with Crippen LogP contribution in [0.5, 0.6) is 0 Å². The average molecular weight is 339 g/mol. The lowest BCUT2D eigenvalue weighted by atomic mass is 10.1. The van der Waals surface area contributed by atoms with E-state index < -0.39 is 6.29 Å². The molecule has 1 amide bonds. The van der Waals surface area contributed by atoms with Crippen LogP contribution < -0.4 is 5.32 Å². The minimum Gasteiger partial charge on any atom is -0.360 e. The third-order valence-electron chi connectivity index (χ3n) is 3.47. The zero-order chi connectivity index (χ0) is 18.2. The molecular formula is C19H21N3O3. The van der Waals surface area contributed by atoms with Crippen molar-refractivity contribution in [2.75, 3.05) is 13.2 Å². The van der Waals surface area contributed by atoms with Crippen LogP contribution in [-0.4, -0.2) is 36.4 Å². The smallest absolute Gasteiger partial charge is 0.252 e. The summed E-state index contributed by atoms with van der Waals surface area (Å²) >= 11 is 0. The fourth-order valence-corrected chi connectivity index (χ4v) is 2.30. The zero-order valence-corrected chi connectivity index (χ0v) is 14.6. The van der Waals surface area contributed by atoms with Gasteiger partial charge in [-0.05, 0) is 44.9 Å². The first kappa shape index (κ1) is 18.5. The van der Waals surface area contributed by atoms with E-state index >= 15 is 0 Å². The molecule has 1 unspecified atom stereocenters. The lowest BCUT2D eigenvalue weighted by molar-refractivity contribution is -0.0970. The van der Waals surface area contributed by atoms with E-state index in [0.29, 0.717) is 24.3 Å². The molecule has 0 radical (unpaired) electrons. The summed E-state index contributed by atoms with van der Waals surface area (Å²) in [6.45, 7) is 6.52. The second-order valence-corrected chi connectivity index (χ2v) is 5.30. The number of ether oxygens (including phenoxy) is 2. The van der Waals surface area contributed by atoms with Crippen LogP contribution in [-0.2, 0) is 9.47 Å². The third kappa shape index (κ3) is 4.84. The molecule has 6 nitrogen and oxygen atoms in total. The minimum absolute atomic E-state index is 0.252. The molecule has 2 aromatic rings. The summed E-state index contributed by atoms with van der Waals surface area (Å²) in [5.74, 6) is 5.53. The SMILES string of the molecule is CCOC(C#CC(C)NC(=O)c1ccc2[nH]cc(C#N)c2c1)OCC. The van der Waals surface area contributed by atoms with Crippen molar-refractivity contribution in [3.8, 4) is 17.9 Å². The van der Waals surface area contributed by atoms with Gasteiger partial charge in [0.05, 0.1) is 11.6 Å². The number of H-pyrrole nitrogens is 1. The molecule has 0 spiro atoms. The second-order valence-electron chi connectivity index (χ2n) is 5.30. The largest absolute Gasteiger partial charge is 0.360 e. The summed E-state index contributed by atoms with van der Waals surface area (Å²) in [7, 11) is 0. The van der Waals surface area contributed by atoms with Gasteiger partial charge in [0, 0.05) is 35.9 Å². The number of benzene rings is 1. The van der Waals surface area contributed by atoms with E-state index in [2.05, 4.69) is 28.2 Å². The molecule has 25 heavy (non-hydrogen) atoms. The Hall–Kier alpha value is -2.80. The molecule has 0 saturated heterocycles. The van der Waals surface area contributed by atoms with Gasteiger partial charge in [-0.3, -0.25) is 4.79 Å². The van der Waals surface area contributed by atoms with Crippen LogP contribution in [0.25, 0.3) is 10.9 Å². The van der Waals surface area contributed by atoms with Gasteiger partial charge in [0.15, 0.2) is 0 Å². The van der Waals surface area contributed by atoms with E-state index in [1.807, 2.05) is 13.8 Å². The Labute approximate surface area is 147 Å². The average Bonchev–Trinajstić information content (AvgIpc) is 3.02. The van der Waals surface area contributed by atoms with E-state index in [9.17, 15) is 4.79 Å². The van der Waals surface area contributed by atoms with Gasteiger partial charge in [0.2, 0.25) is 6.29 Å². The molecule has 1 heterocycles. The van der Waals surface area contributed by atoms with Crippen LogP contribution in [0.1, 0.15) is 36.7 Å². The molecule has 0 bridgehead atoms. The maximum atomic E-state index is 12.4. The Morgan fingerprint density at radius 3 is 2.64 bits per heavy atom. The summed E-state index contributed by atoms with van der Waals surface area (Å²) < 4.78 is 10.7. The lowest BCUT2D eigenvalue weighted by Gasteiger charge is -2.11. The van der Waals surface area contributed by atoms with Gasteiger partial charge in [-0.25, -0.2) is 0 Å². The number of aromatic amines is 1. The van der Waals surface area contributed by atoms with Crippen LogP contribution >= 0.6 is 0 Å². The Balaban J connectivity index is 2.07. The van der Waals surface area contributed by atoms with Crippen molar-refractivity contribution < 1.29 is 14.3 Å². The summed E-state index contributed by atoms with van der Waals surface area (Å²) in [5, 5.41) is 12.6. The summed E-state index contributed by atoms with van der Waals surface area (Å²) in [6.07, 6.45) is 1.03. The second kappa shape index (κ2) is 8.89. The van der Waals surface area contributed by atoms with Crippen LogP contribution in [0.15, 0.2) is 24.4 Å². The number of hydrogen-bond donors (Lipinski definition) is 2. The van der Waals surface area contributed by atoms with Crippen molar-refractivity contribution in [1.82, 2.24) is 10.3 Å². The molecule has 0 fully saturated rings. The number of carbonyl (C=O) groups is 1. The number of hydrogen-bond acceptors (Lipinski definition) is 4. The van der Waals surface area contributed by atoms with Crippen LogP contribution in [0.2, 0.25) is 0 Å². The topological polar surface area (TPSA) is 87.1 Å². The van der Waals surface area contributed by atoms with Crippen molar-refractivity contribution in [2.24, 2.45) is 0 Å². The number of carbonyl (C=O) groups excluding carboxylic acids is 1. The number of nitrogens with zero attached hydrogens (tertiary/aromatic N) is 1. The molecule has 6 heteroatoms. The van der Waals surface area contributed by atoms with E-state index in [4.69, 9.17) is 14.7 Å². The number of rotatable bonds is 6. The molecule has 0 aliphatic heterocycles. The fourth-order valence-electron chi connectivity index (χ4n) is 2.30. The van der Waals surface area contributed by atoms with Crippen molar-refractivity contribution in [1.29, 1.82) is 5.26 Å². The summed E-state index contributed by atoms with van der Waals surface area (Å²) in [6, 6.07) is 6.92. The maximum absolute atomic E-state index is 12.4. The third-order valence-corrected chi connectivity index (χ3v) is 3.47. The van der Waals surface area contributed by atoms with Gasteiger partial charge >= 0.3 is 0 Å². The van der Waals surface area contributed by atoms with E-state index in [-0.39, 0.29) is 11.9 Å². The molecule has 2 N–H and O–H groups in total. The minimum atomic E-state index is -0.594. The predicted octanol–water partition coefficient (Wildman–Crippen LogP) is 2.56. The van der Waals surface area contributed by atoms with Gasteiger partial charge in [-0.1, -0.05) is 5.92 Å². The molecule has 0 aliphatic rings. The van der Waals surface area contributed by atoms with Gasteiger partial charge in [0.1, 0.15) is 6.07 Å². The Morgan fingerprint density at radius 2 is 2.00 bits per heavy atom.